The summed E-state index contributed by atoms with van der Waals surface area (Å²) in [5.41, 5.74) is -1.07. The summed E-state index contributed by atoms with van der Waals surface area (Å²) in [5, 5.41) is 26.3. The third-order valence-electron chi connectivity index (χ3n) is 3.36. The Kier molecular flexibility index (Phi) is 4.25. The number of carboxylic acid groups (broad SMARTS) is 1. The molecule has 22 heavy (non-hydrogen) atoms. The molecule has 0 aliphatic rings. The van der Waals surface area contributed by atoms with Gasteiger partial charge in [-0.05, 0) is 18.9 Å². The molecule has 2 aromatic heterocycles. The minimum atomic E-state index is -1.99. The van der Waals surface area contributed by atoms with Gasteiger partial charge >= 0.3 is 5.97 Å². The lowest BCUT2D eigenvalue weighted by atomic mass is 10.1. The monoisotopic (exact) mass is 325 g/mol. The number of amides is 1. The van der Waals surface area contributed by atoms with Crippen molar-refractivity contribution < 1.29 is 19.8 Å². The van der Waals surface area contributed by atoms with Crippen molar-refractivity contribution in [2.75, 3.05) is 6.54 Å². The van der Waals surface area contributed by atoms with Crippen LogP contribution in [-0.2, 0) is 11.8 Å². The molecule has 7 nitrogen and oxygen atoms in total. The van der Waals surface area contributed by atoms with Crippen molar-refractivity contribution in [3.8, 4) is 0 Å². The Balaban J connectivity index is 2.23. The molecule has 0 aliphatic heterocycles. The second kappa shape index (κ2) is 5.69. The van der Waals surface area contributed by atoms with Crippen LogP contribution in [0.1, 0.15) is 42.1 Å². The molecule has 8 heteroatoms. The molecule has 1 amide bonds. The number of carbonyl (C=O) groups excluding carboxylic acids is 1. The van der Waals surface area contributed by atoms with Crippen molar-refractivity contribution >= 4 is 33.4 Å². The number of carboxylic acids is 1. The van der Waals surface area contributed by atoms with Crippen LogP contribution in [0.5, 0.6) is 0 Å². The Hall–Kier alpha value is -1.93. The molecule has 0 saturated heterocycles. The summed E-state index contributed by atoms with van der Waals surface area (Å²) in [6.07, 6.45) is 0. The number of aliphatic hydroxyl groups is 1. The Labute approximate surface area is 131 Å². The van der Waals surface area contributed by atoms with Crippen LogP contribution in [0.15, 0.2) is 6.07 Å². The molecule has 2 heterocycles. The second-order valence-electron chi connectivity index (χ2n) is 5.75. The van der Waals surface area contributed by atoms with E-state index >= 15 is 0 Å². The number of aryl methyl sites for hydroxylation is 1. The van der Waals surface area contributed by atoms with Crippen LogP contribution in [0.4, 0.5) is 0 Å². The largest absolute Gasteiger partial charge is 0.479 e. The van der Waals surface area contributed by atoms with Crippen molar-refractivity contribution in [3.63, 3.8) is 0 Å². The van der Waals surface area contributed by atoms with E-state index in [4.69, 9.17) is 5.11 Å². The molecule has 2 aromatic rings. The van der Waals surface area contributed by atoms with Gasteiger partial charge in [-0.15, -0.1) is 11.3 Å². The van der Waals surface area contributed by atoms with Gasteiger partial charge < -0.3 is 15.5 Å². The average molecular weight is 325 g/mol. The van der Waals surface area contributed by atoms with Gasteiger partial charge in [0.25, 0.3) is 5.91 Å². The number of fused-ring (bicyclic) bond motifs is 1. The number of aromatic nitrogens is 2. The highest BCUT2D eigenvalue weighted by Crippen LogP contribution is 2.31. The fraction of sp³-hybridized carbons (Fsp3) is 0.500. The number of nitrogens with one attached hydrogen (secondary N) is 1. The van der Waals surface area contributed by atoms with Crippen LogP contribution < -0.4 is 5.32 Å². The lowest BCUT2D eigenvalue weighted by Crippen LogP contribution is -2.46. The van der Waals surface area contributed by atoms with Gasteiger partial charge in [0, 0.05) is 12.4 Å². The summed E-state index contributed by atoms with van der Waals surface area (Å²) in [7, 11) is 1.82. The predicted octanol–water partition coefficient (Wildman–Crippen LogP) is 1.32. The van der Waals surface area contributed by atoms with E-state index in [2.05, 4.69) is 10.4 Å². The molecule has 0 aromatic carbocycles. The molecule has 3 N–H and O–H groups in total. The maximum absolute atomic E-state index is 12.1. The third-order valence-corrected chi connectivity index (χ3v) is 4.57. The van der Waals surface area contributed by atoms with E-state index in [0.717, 1.165) is 22.8 Å². The van der Waals surface area contributed by atoms with Crippen LogP contribution in [-0.4, -0.2) is 44.0 Å². The Morgan fingerprint density at radius 3 is 2.68 bits per heavy atom. The number of rotatable bonds is 5. The van der Waals surface area contributed by atoms with Crippen LogP contribution >= 0.6 is 11.3 Å². The maximum atomic E-state index is 12.1. The number of carbonyl (C=O) groups is 2. The highest BCUT2D eigenvalue weighted by atomic mass is 32.1. The number of thiophene rings is 1. The van der Waals surface area contributed by atoms with Gasteiger partial charge in [0.2, 0.25) is 0 Å². The highest BCUT2D eigenvalue weighted by Gasteiger charge is 2.30. The molecule has 1 atom stereocenters. The van der Waals surface area contributed by atoms with Gasteiger partial charge in [-0.3, -0.25) is 9.48 Å². The average Bonchev–Trinajstić information content (AvgIpc) is 2.97. The first-order valence-corrected chi connectivity index (χ1v) is 7.65. The third kappa shape index (κ3) is 2.97. The molecule has 0 aliphatic carbocycles. The minimum absolute atomic E-state index is 0.238. The number of hydrogen-bond acceptors (Lipinski definition) is 5. The van der Waals surface area contributed by atoms with Crippen molar-refractivity contribution in [2.24, 2.45) is 7.05 Å². The molecule has 120 valence electrons. The van der Waals surface area contributed by atoms with Crippen LogP contribution in [0.2, 0.25) is 0 Å². The van der Waals surface area contributed by atoms with E-state index in [0.29, 0.717) is 4.88 Å². The first-order chi connectivity index (χ1) is 10.1. The molecule has 0 bridgehead atoms. The zero-order chi connectivity index (χ0) is 16.7. The van der Waals surface area contributed by atoms with Gasteiger partial charge in [0.15, 0.2) is 5.60 Å². The quantitative estimate of drug-likeness (QED) is 0.769. The molecule has 2 rings (SSSR count). The second-order valence-corrected chi connectivity index (χ2v) is 6.79. The van der Waals surface area contributed by atoms with Gasteiger partial charge in [-0.2, -0.15) is 5.10 Å². The lowest BCUT2D eigenvalue weighted by Gasteiger charge is -2.17. The predicted molar refractivity (Wildman–Crippen MR) is 83.3 cm³/mol. The van der Waals surface area contributed by atoms with Crippen molar-refractivity contribution in [1.82, 2.24) is 15.1 Å². The van der Waals surface area contributed by atoms with Crippen LogP contribution in [0.25, 0.3) is 10.2 Å². The van der Waals surface area contributed by atoms with Crippen molar-refractivity contribution in [3.05, 3.63) is 16.6 Å². The summed E-state index contributed by atoms with van der Waals surface area (Å²) in [6.45, 7) is 4.85. The normalized spacial score (nSPS) is 14.3. The van der Waals surface area contributed by atoms with Crippen molar-refractivity contribution in [2.45, 2.75) is 32.3 Å². The van der Waals surface area contributed by atoms with E-state index in [1.807, 2.05) is 20.9 Å². The van der Waals surface area contributed by atoms with E-state index in [1.54, 1.807) is 10.7 Å². The van der Waals surface area contributed by atoms with Crippen LogP contribution in [0, 0.1) is 0 Å². The van der Waals surface area contributed by atoms with Gasteiger partial charge in [0.1, 0.15) is 4.83 Å². The van der Waals surface area contributed by atoms with E-state index in [-0.39, 0.29) is 12.5 Å². The standard InChI is InChI=1S/C14H19N3O4S/c1-7(2)10-8-5-9(22-12(8)17(4)16-10)11(18)15-6-14(3,21)13(19)20/h5,7,21H,6H2,1-4H3,(H,15,18)(H,19,20). The zero-order valence-corrected chi connectivity index (χ0v) is 13.7. The van der Waals surface area contributed by atoms with Crippen LogP contribution in [0.3, 0.4) is 0 Å². The van der Waals surface area contributed by atoms with Gasteiger partial charge in [0.05, 0.1) is 17.1 Å². The minimum Gasteiger partial charge on any atom is -0.479 e. The fourth-order valence-electron chi connectivity index (χ4n) is 2.02. The van der Waals surface area contributed by atoms with Gasteiger partial charge in [-0.25, -0.2) is 4.79 Å². The Morgan fingerprint density at radius 1 is 1.50 bits per heavy atom. The van der Waals surface area contributed by atoms with Crippen molar-refractivity contribution in [1.29, 1.82) is 0 Å². The maximum Gasteiger partial charge on any atom is 0.337 e. The summed E-state index contributed by atoms with van der Waals surface area (Å²) in [4.78, 5) is 24.3. The van der Waals surface area contributed by atoms with E-state index in [1.165, 1.54) is 11.3 Å². The summed E-state index contributed by atoms with van der Waals surface area (Å²) in [6, 6.07) is 1.76. The summed E-state index contributed by atoms with van der Waals surface area (Å²) < 4.78 is 1.74. The molecule has 1 unspecified atom stereocenters. The zero-order valence-electron chi connectivity index (χ0n) is 12.9. The highest BCUT2D eigenvalue weighted by molar-refractivity contribution is 7.20. The Morgan fingerprint density at radius 2 is 2.14 bits per heavy atom. The first-order valence-electron chi connectivity index (χ1n) is 6.84. The molecule has 0 radical (unpaired) electrons. The fourth-order valence-corrected chi connectivity index (χ4v) is 3.02. The topological polar surface area (TPSA) is 104 Å². The molecular formula is C14H19N3O4S. The Bertz CT molecular complexity index is 730. The number of aliphatic carboxylic acids is 1. The van der Waals surface area contributed by atoms with E-state index in [9.17, 15) is 14.7 Å². The summed E-state index contributed by atoms with van der Waals surface area (Å²) >= 11 is 1.29. The molecular weight excluding hydrogens is 306 g/mol. The molecule has 0 fully saturated rings. The van der Waals surface area contributed by atoms with E-state index < -0.39 is 17.5 Å². The van der Waals surface area contributed by atoms with Gasteiger partial charge in [-0.1, -0.05) is 13.8 Å². The molecule has 0 spiro atoms. The number of nitrogens with zero attached hydrogens (tertiary/aromatic N) is 2. The lowest BCUT2D eigenvalue weighted by molar-refractivity contribution is -0.155. The first kappa shape index (κ1) is 16.4. The summed E-state index contributed by atoms with van der Waals surface area (Å²) in [5.74, 6) is -1.55. The SMILES string of the molecule is CC(C)c1nn(C)c2sc(C(=O)NCC(C)(O)C(=O)O)cc12. The smallest absolute Gasteiger partial charge is 0.337 e. The molecule has 0 saturated carbocycles. The number of hydrogen-bond donors (Lipinski definition) is 3.